The van der Waals surface area contributed by atoms with Crippen LogP contribution in [0.5, 0.6) is 5.75 Å². The van der Waals surface area contributed by atoms with Crippen molar-refractivity contribution in [2.75, 3.05) is 33.8 Å². The largest absolute Gasteiger partial charge is 0.503 e. The summed E-state index contributed by atoms with van der Waals surface area (Å²) in [5.74, 6) is -0.210. The zero-order valence-electron chi connectivity index (χ0n) is 17.9. The fourth-order valence-corrected chi connectivity index (χ4v) is 3.49. The summed E-state index contributed by atoms with van der Waals surface area (Å²) in [6.07, 6.45) is 0.867. The molecule has 0 radical (unpaired) electrons. The molecule has 0 bridgehead atoms. The smallest absolute Gasteiger partial charge is 0.290 e. The van der Waals surface area contributed by atoms with Gasteiger partial charge in [-0.15, -0.1) is 0 Å². The molecular formula is C23H29N2O5+. The molecule has 1 atom stereocenters. The van der Waals surface area contributed by atoms with Crippen LogP contribution in [0.3, 0.4) is 0 Å². The number of aliphatic hydroxyl groups excluding tert-OH is 1. The Morgan fingerprint density at radius 2 is 2.03 bits per heavy atom. The van der Waals surface area contributed by atoms with E-state index in [1.54, 1.807) is 24.0 Å². The molecular weight excluding hydrogens is 384 g/mol. The van der Waals surface area contributed by atoms with Gasteiger partial charge in [0.25, 0.3) is 5.91 Å². The highest BCUT2D eigenvalue weighted by molar-refractivity contribution is 6.15. The molecule has 1 aliphatic heterocycles. The Morgan fingerprint density at radius 3 is 2.67 bits per heavy atom. The summed E-state index contributed by atoms with van der Waals surface area (Å²) in [4.78, 5) is 28.8. The lowest BCUT2D eigenvalue weighted by Crippen LogP contribution is -3.06. The summed E-state index contributed by atoms with van der Waals surface area (Å²) in [5, 5.41) is 10.7. The SMILES string of the molecule is CCCOc1cccc([C@H]2C(C(=O)c3ccc(C)o3)=C(O)C(=O)N2CC[NH+](C)C)c1. The number of furan rings is 1. The van der Waals surface area contributed by atoms with Crippen molar-refractivity contribution >= 4 is 11.7 Å². The third-order valence-corrected chi connectivity index (χ3v) is 5.01. The standard InChI is InChI=1S/C23H28N2O5/c1-5-13-29-17-8-6-7-16(14-17)20-19(21(26)18-10-9-15(2)30-18)22(27)23(28)25(20)12-11-24(3)4/h6-10,14,20,27H,5,11-13H2,1-4H3/p+1/t20-/m0/s1. The fourth-order valence-electron chi connectivity index (χ4n) is 3.49. The molecule has 3 rings (SSSR count). The van der Waals surface area contributed by atoms with E-state index in [4.69, 9.17) is 9.15 Å². The average Bonchev–Trinajstić information content (AvgIpc) is 3.26. The van der Waals surface area contributed by atoms with E-state index in [9.17, 15) is 14.7 Å². The number of hydrogen-bond acceptors (Lipinski definition) is 5. The highest BCUT2D eigenvalue weighted by atomic mass is 16.5. The van der Waals surface area contributed by atoms with Crippen molar-refractivity contribution in [1.29, 1.82) is 0 Å². The number of likely N-dealkylation sites (N-methyl/N-ethyl adjacent to an activating group) is 1. The molecule has 1 aromatic carbocycles. The molecule has 2 N–H and O–H groups in total. The Labute approximate surface area is 176 Å². The monoisotopic (exact) mass is 413 g/mol. The number of carbonyl (C=O) groups is 2. The number of benzene rings is 1. The first-order chi connectivity index (χ1) is 14.3. The molecule has 30 heavy (non-hydrogen) atoms. The lowest BCUT2D eigenvalue weighted by molar-refractivity contribution is -0.857. The van der Waals surface area contributed by atoms with Crippen LogP contribution < -0.4 is 9.64 Å². The molecule has 2 heterocycles. The number of carbonyl (C=O) groups excluding carboxylic acids is 2. The summed E-state index contributed by atoms with van der Waals surface area (Å²) in [5.41, 5.74) is 0.747. The van der Waals surface area contributed by atoms with Crippen LogP contribution >= 0.6 is 0 Å². The average molecular weight is 413 g/mol. The molecule has 0 fully saturated rings. The molecule has 2 aromatic rings. The molecule has 1 amide bonds. The Bertz CT molecular complexity index is 960. The van der Waals surface area contributed by atoms with E-state index in [0.717, 1.165) is 11.3 Å². The van der Waals surface area contributed by atoms with Gasteiger partial charge in [-0.3, -0.25) is 9.59 Å². The van der Waals surface area contributed by atoms with Gasteiger partial charge in [0, 0.05) is 0 Å². The summed E-state index contributed by atoms with van der Waals surface area (Å²) in [6, 6.07) is 9.86. The molecule has 0 saturated carbocycles. The number of aryl methyl sites for hydroxylation is 1. The number of amides is 1. The number of quaternary nitrogens is 1. The predicted molar refractivity (Wildman–Crippen MR) is 112 cm³/mol. The minimum Gasteiger partial charge on any atom is -0.503 e. The van der Waals surface area contributed by atoms with Crippen LogP contribution in [-0.2, 0) is 4.79 Å². The maximum absolute atomic E-state index is 13.2. The fraction of sp³-hybridized carbons (Fsp3) is 0.391. The normalized spacial score (nSPS) is 16.6. The van der Waals surface area contributed by atoms with Crippen LogP contribution in [0.4, 0.5) is 0 Å². The number of ether oxygens (including phenoxy) is 1. The summed E-state index contributed by atoms with van der Waals surface area (Å²) in [6.45, 7) is 5.39. The van der Waals surface area contributed by atoms with E-state index in [1.165, 1.54) is 0 Å². The van der Waals surface area contributed by atoms with Crippen molar-refractivity contribution in [1.82, 2.24) is 4.90 Å². The highest BCUT2D eigenvalue weighted by Crippen LogP contribution is 2.39. The van der Waals surface area contributed by atoms with Crippen molar-refractivity contribution in [2.45, 2.75) is 26.3 Å². The van der Waals surface area contributed by atoms with Gasteiger partial charge in [0.1, 0.15) is 11.5 Å². The number of rotatable bonds is 9. The first kappa shape index (κ1) is 21.6. The molecule has 7 heteroatoms. The number of nitrogens with one attached hydrogen (secondary N) is 1. The van der Waals surface area contributed by atoms with Gasteiger partial charge in [-0.1, -0.05) is 19.1 Å². The van der Waals surface area contributed by atoms with E-state index in [0.29, 0.717) is 36.8 Å². The van der Waals surface area contributed by atoms with Crippen molar-refractivity contribution in [3.8, 4) is 5.75 Å². The van der Waals surface area contributed by atoms with E-state index in [-0.39, 0.29) is 11.3 Å². The van der Waals surface area contributed by atoms with Gasteiger partial charge in [-0.05, 0) is 43.2 Å². The molecule has 0 spiro atoms. The third-order valence-electron chi connectivity index (χ3n) is 5.01. The van der Waals surface area contributed by atoms with E-state index in [2.05, 4.69) is 0 Å². The number of Topliss-reactive ketones (excluding diaryl/α,β-unsaturated/α-hetero) is 1. The van der Waals surface area contributed by atoms with Crippen LogP contribution in [-0.4, -0.2) is 55.5 Å². The maximum atomic E-state index is 13.2. The predicted octanol–water partition coefficient (Wildman–Crippen LogP) is 2.10. The van der Waals surface area contributed by atoms with E-state index >= 15 is 0 Å². The van der Waals surface area contributed by atoms with Crippen molar-refractivity contribution in [2.24, 2.45) is 0 Å². The summed E-state index contributed by atoms with van der Waals surface area (Å²) in [7, 11) is 3.97. The van der Waals surface area contributed by atoms with E-state index < -0.39 is 23.5 Å². The molecule has 1 aliphatic rings. The van der Waals surface area contributed by atoms with Gasteiger partial charge < -0.3 is 24.1 Å². The molecule has 1 aromatic heterocycles. The quantitative estimate of drug-likeness (QED) is 0.615. The lowest BCUT2D eigenvalue weighted by Gasteiger charge is -2.27. The van der Waals surface area contributed by atoms with Crippen LogP contribution in [0, 0.1) is 6.92 Å². The molecule has 7 nitrogen and oxygen atoms in total. The van der Waals surface area contributed by atoms with Crippen molar-refractivity contribution in [3.63, 3.8) is 0 Å². The van der Waals surface area contributed by atoms with Crippen LogP contribution in [0.15, 0.2) is 52.1 Å². The second-order valence-electron chi connectivity index (χ2n) is 7.78. The summed E-state index contributed by atoms with van der Waals surface area (Å²) >= 11 is 0. The molecule has 0 aliphatic carbocycles. The number of hydrogen-bond donors (Lipinski definition) is 2. The van der Waals surface area contributed by atoms with Crippen molar-refractivity contribution in [3.05, 3.63) is 64.8 Å². The van der Waals surface area contributed by atoms with Crippen LogP contribution in [0.25, 0.3) is 0 Å². The van der Waals surface area contributed by atoms with Crippen LogP contribution in [0.2, 0.25) is 0 Å². The first-order valence-corrected chi connectivity index (χ1v) is 10.2. The Hall–Kier alpha value is -3.06. The Kier molecular flexibility index (Phi) is 6.62. The molecule has 160 valence electrons. The lowest BCUT2D eigenvalue weighted by atomic mass is 9.95. The van der Waals surface area contributed by atoms with Gasteiger partial charge in [0.15, 0.2) is 11.5 Å². The zero-order chi connectivity index (χ0) is 21.8. The summed E-state index contributed by atoms with van der Waals surface area (Å²) < 4.78 is 11.2. The number of ketones is 1. The Morgan fingerprint density at radius 1 is 1.27 bits per heavy atom. The van der Waals surface area contributed by atoms with Crippen LogP contribution in [0.1, 0.15) is 41.3 Å². The number of nitrogens with zero attached hydrogens (tertiary/aromatic N) is 1. The van der Waals surface area contributed by atoms with E-state index in [1.807, 2.05) is 45.3 Å². The van der Waals surface area contributed by atoms with Gasteiger partial charge >= 0.3 is 0 Å². The maximum Gasteiger partial charge on any atom is 0.290 e. The molecule has 0 saturated heterocycles. The van der Waals surface area contributed by atoms with Crippen molar-refractivity contribution < 1.29 is 28.7 Å². The second-order valence-corrected chi connectivity index (χ2v) is 7.78. The van der Waals surface area contributed by atoms with Gasteiger partial charge in [-0.2, -0.15) is 0 Å². The minimum atomic E-state index is -0.708. The zero-order valence-corrected chi connectivity index (χ0v) is 17.9. The third kappa shape index (κ3) is 4.41. The minimum absolute atomic E-state index is 0.0377. The Balaban J connectivity index is 2.04. The number of aliphatic hydroxyl groups is 1. The second kappa shape index (κ2) is 9.17. The molecule has 0 unspecified atom stereocenters. The van der Waals surface area contributed by atoms with Gasteiger partial charge in [-0.25, -0.2) is 0 Å². The topological polar surface area (TPSA) is 84.4 Å². The first-order valence-electron chi connectivity index (χ1n) is 10.2. The van der Waals surface area contributed by atoms with Gasteiger partial charge in [0.05, 0.1) is 45.4 Å². The van der Waals surface area contributed by atoms with Gasteiger partial charge in [0.2, 0.25) is 5.78 Å². The highest BCUT2D eigenvalue weighted by Gasteiger charge is 2.44.